The number of hydrogen-bond acceptors (Lipinski definition) is 6. The van der Waals surface area contributed by atoms with Crippen LogP contribution in [0.2, 0.25) is 0 Å². The molecule has 7 nitrogen and oxygen atoms in total. The first-order chi connectivity index (χ1) is 8.29. The molecule has 0 aromatic heterocycles. The first-order valence-corrected chi connectivity index (χ1v) is 5.71. The van der Waals surface area contributed by atoms with Crippen molar-refractivity contribution >= 4 is 17.7 Å². The summed E-state index contributed by atoms with van der Waals surface area (Å²) in [7, 11) is 0. The molecular weight excluding hydrogens is 240 g/mol. The van der Waals surface area contributed by atoms with Crippen molar-refractivity contribution in [1.82, 2.24) is 0 Å². The second-order valence-corrected chi connectivity index (χ2v) is 4.22. The van der Waals surface area contributed by atoms with Crippen molar-refractivity contribution in [3.63, 3.8) is 0 Å². The van der Waals surface area contributed by atoms with Crippen molar-refractivity contribution in [2.24, 2.45) is 17.4 Å². The summed E-state index contributed by atoms with van der Waals surface area (Å²) >= 11 is 0. The maximum Gasteiger partial charge on any atom is 0.316 e. The van der Waals surface area contributed by atoms with Gasteiger partial charge in [0.1, 0.15) is 5.92 Å². The normalized spacial score (nSPS) is 14.1. The van der Waals surface area contributed by atoms with Gasteiger partial charge in [-0.3, -0.25) is 14.4 Å². The number of esters is 1. The van der Waals surface area contributed by atoms with Crippen molar-refractivity contribution in [1.29, 1.82) is 0 Å². The van der Waals surface area contributed by atoms with E-state index in [0.29, 0.717) is 0 Å². The third kappa shape index (κ3) is 5.74. The van der Waals surface area contributed by atoms with Crippen molar-refractivity contribution in [3.05, 3.63) is 0 Å². The number of rotatable bonds is 8. The minimum absolute atomic E-state index is 0.0949. The zero-order chi connectivity index (χ0) is 14.3. The van der Waals surface area contributed by atoms with Gasteiger partial charge in [-0.1, -0.05) is 0 Å². The van der Waals surface area contributed by atoms with E-state index < -0.39 is 36.1 Å². The highest BCUT2D eigenvalue weighted by Crippen LogP contribution is 2.11. The molecule has 2 atom stereocenters. The average molecular weight is 260 g/mol. The average Bonchev–Trinajstić information content (AvgIpc) is 2.22. The van der Waals surface area contributed by atoms with Gasteiger partial charge in [0.05, 0.1) is 18.6 Å². The number of hydrogen-bond donors (Lipinski definition) is 3. The Kier molecular flexibility index (Phi) is 7.14. The van der Waals surface area contributed by atoms with Crippen LogP contribution >= 0.6 is 0 Å². The van der Waals surface area contributed by atoms with Crippen LogP contribution in [0.5, 0.6) is 0 Å². The number of Topliss-reactive ketones (excluding diaryl/α,β-unsaturated/α-hetero) is 1. The Hall–Kier alpha value is -1.47. The molecule has 0 fully saturated rings. The molecular formula is C11H20N2O5. The summed E-state index contributed by atoms with van der Waals surface area (Å²) < 4.78 is 4.92. The molecule has 0 rings (SSSR count). The molecule has 0 aliphatic carbocycles. The summed E-state index contributed by atoms with van der Waals surface area (Å²) in [5.74, 6) is -3.64. The lowest BCUT2D eigenvalue weighted by Gasteiger charge is -2.18. The van der Waals surface area contributed by atoms with Crippen LogP contribution in [-0.2, 0) is 19.1 Å². The molecule has 0 heterocycles. The van der Waals surface area contributed by atoms with Gasteiger partial charge in [-0.2, -0.15) is 0 Å². The second-order valence-electron chi connectivity index (χ2n) is 4.22. The Morgan fingerprint density at radius 3 is 2.22 bits per heavy atom. The van der Waals surface area contributed by atoms with Crippen molar-refractivity contribution in [3.8, 4) is 0 Å². The number of ether oxygens (including phenoxy) is 1. The monoisotopic (exact) mass is 260 g/mol. The number of carboxylic acid groups (broad SMARTS) is 1. The highest BCUT2D eigenvalue weighted by atomic mass is 16.5. The van der Waals surface area contributed by atoms with Crippen molar-refractivity contribution in [2.45, 2.75) is 38.8 Å². The smallest absolute Gasteiger partial charge is 0.316 e. The Balaban J connectivity index is 4.71. The molecule has 0 radical (unpaired) electrons. The van der Waals surface area contributed by atoms with Gasteiger partial charge >= 0.3 is 11.9 Å². The van der Waals surface area contributed by atoms with Gasteiger partial charge in [0, 0.05) is 0 Å². The maximum atomic E-state index is 11.8. The summed E-state index contributed by atoms with van der Waals surface area (Å²) in [6, 6.07) is -1.22. The fraction of sp³-hybridized carbons (Fsp3) is 0.727. The van der Waals surface area contributed by atoms with Gasteiger partial charge in [-0.05, 0) is 26.8 Å². The van der Waals surface area contributed by atoms with Crippen LogP contribution < -0.4 is 11.5 Å². The number of aliphatic carboxylic acids is 1. The largest absolute Gasteiger partial charge is 0.481 e. The first kappa shape index (κ1) is 16.5. The van der Waals surface area contributed by atoms with E-state index >= 15 is 0 Å². The summed E-state index contributed by atoms with van der Waals surface area (Å²) in [6.45, 7) is 3.42. The Morgan fingerprint density at radius 2 is 1.83 bits per heavy atom. The number of carbonyl (C=O) groups is 3. The Bertz CT molecular complexity index is 317. The predicted molar refractivity (Wildman–Crippen MR) is 63.6 cm³/mol. The standard InChI is InChI=1S/C11H20N2O5/c1-6(2)18-11(17)7(3-4-12)10(16)8(13)5-9(14)15/h6-8H,3-5,12-13H2,1-2H3,(H,14,15)/t7?,8-/m1/s1. The lowest BCUT2D eigenvalue weighted by molar-refractivity contribution is -0.156. The van der Waals surface area contributed by atoms with Crippen molar-refractivity contribution in [2.75, 3.05) is 6.54 Å². The minimum Gasteiger partial charge on any atom is -0.481 e. The van der Waals surface area contributed by atoms with E-state index in [1.807, 2.05) is 0 Å². The fourth-order valence-electron chi connectivity index (χ4n) is 1.40. The van der Waals surface area contributed by atoms with Crippen LogP contribution in [0.15, 0.2) is 0 Å². The van der Waals surface area contributed by atoms with E-state index in [-0.39, 0.29) is 19.1 Å². The van der Waals surface area contributed by atoms with E-state index in [4.69, 9.17) is 21.3 Å². The molecule has 1 unspecified atom stereocenters. The predicted octanol–water partition coefficient (Wildman–Crippen LogP) is -0.726. The van der Waals surface area contributed by atoms with Gasteiger partial charge in [0.2, 0.25) is 0 Å². The van der Waals surface area contributed by atoms with Crippen LogP contribution in [-0.4, -0.2) is 41.5 Å². The van der Waals surface area contributed by atoms with Crippen molar-refractivity contribution < 1.29 is 24.2 Å². The molecule has 0 aromatic carbocycles. The van der Waals surface area contributed by atoms with Gasteiger partial charge in [-0.25, -0.2) is 0 Å². The molecule has 0 aliphatic heterocycles. The summed E-state index contributed by atoms with van der Waals surface area (Å²) in [4.78, 5) is 34.0. The van der Waals surface area contributed by atoms with E-state index in [1.165, 1.54) is 0 Å². The Morgan fingerprint density at radius 1 is 1.28 bits per heavy atom. The topological polar surface area (TPSA) is 133 Å². The lowest BCUT2D eigenvalue weighted by Crippen LogP contribution is -2.42. The van der Waals surface area contributed by atoms with E-state index in [9.17, 15) is 14.4 Å². The number of carbonyl (C=O) groups excluding carboxylic acids is 2. The number of nitrogens with two attached hydrogens (primary N) is 2. The first-order valence-electron chi connectivity index (χ1n) is 5.71. The molecule has 0 amide bonds. The maximum absolute atomic E-state index is 11.8. The quantitative estimate of drug-likeness (QED) is 0.387. The second kappa shape index (κ2) is 7.78. The fourth-order valence-corrected chi connectivity index (χ4v) is 1.40. The summed E-state index contributed by atoms with van der Waals surface area (Å²) in [5, 5.41) is 8.56. The molecule has 104 valence electrons. The summed E-state index contributed by atoms with van der Waals surface area (Å²) in [6.07, 6.45) is -0.784. The van der Waals surface area contributed by atoms with E-state index in [2.05, 4.69) is 0 Å². The van der Waals surface area contributed by atoms with Gasteiger partial charge in [-0.15, -0.1) is 0 Å². The zero-order valence-electron chi connectivity index (χ0n) is 10.6. The van der Waals surface area contributed by atoms with Crippen LogP contribution in [0.25, 0.3) is 0 Å². The third-order valence-corrected chi connectivity index (χ3v) is 2.20. The van der Waals surface area contributed by atoms with Crippen LogP contribution in [0.1, 0.15) is 26.7 Å². The molecule has 0 saturated carbocycles. The van der Waals surface area contributed by atoms with Crippen LogP contribution in [0.4, 0.5) is 0 Å². The molecule has 5 N–H and O–H groups in total. The molecule has 7 heteroatoms. The number of carboxylic acids is 1. The molecule has 0 aliphatic rings. The lowest BCUT2D eigenvalue weighted by atomic mass is 9.93. The highest BCUT2D eigenvalue weighted by molar-refractivity contribution is 6.02. The molecule has 0 spiro atoms. The van der Waals surface area contributed by atoms with E-state index in [1.54, 1.807) is 13.8 Å². The Labute approximate surface area is 105 Å². The SMILES string of the molecule is CC(C)OC(=O)C(CCN)C(=O)[C@H](N)CC(=O)O. The summed E-state index contributed by atoms with van der Waals surface area (Å²) in [5.41, 5.74) is 10.8. The van der Waals surface area contributed by atoms with E-state index in [0.717, 1.165) is 0 Å². The molecule has 18 heavy (non-hydrogen) atoms. The third-order valence-electron chi connectivity index (χ3n) is 2.20. The van der Waals surface area contributed by atoms with Gasteiger partial charge < -0.3 is 21.3 Å². The molecule has 0 bridgehead atoms. The zero-order valence-corrected chi connectivity index (χ0v) is 10.6. The van der Waals surface area contributed by atoms with Crippen LogP contribution in [0, 0.1) is 5.92 Å². The van der Waals surface area contributed by atoms with Gasteiger partial charge in [0.15, 0.2) is 5.78 Å². The highest BCUT2D eigenvalue weighted by Gasteiger charge is 2.32. The molecule has 0 aromatic rings. The molecule has 0 saturated heterocycles. The number of ketones is 1. The van der Waals surface area contributed by atoms with Crippen LogP contribution in [0.3, 0.4) is 0 Å². The van der Waals surface area contributed by atoms with Gasteiger partial charge in [0.25, 0.3) is 0 Å². The minimum atomic E-state index is -1.22.